The van der Waals surface area contributed by atoms with Crippen molar-refractivity contribution in [3.63, 3.8) is 0 Å². The van der Waals surface area contributed by atoms with Crippen molar-refractivity contribution in [1.82, 2.24) is 15.2 Å². The highest BCUT2D eigenvalue weighted by atomic mass is 32.2. The first-order valence-electron chi connectivity index (χ1n) is 8.87. The second-order valence-electron chi connectivity index (χ2n) is 7.54. The minimum absolute atomic E-state index is 0.145. The first kappa shape index (κ1) is 22.4. The van der Waals surface area contributed by atoms with Gasteiger partial charge in [0, 0.05) is 23.4 Å². The standard InChI is InChI=1S/C19H27N3O4S2/c1-13-16(14(2)26-21-13)11-27-12-18(23)20-10-15-8-6-7-9-17(15)28(24,25)22-19(3,4)5/h6-9,22H,10-12H2,1-5H3,(H,20,23). The van der Waals surface area contributed by atoms with Gasteiger partial charge in [-0.05, 0) is 46.2 Å². The smallest absolute Gasteiger partial charge is 0.241 e. The molecule has 0 radical (unpaired) electrons. The van der Waals surface area contributed by atoms with Crippen LogP contribution >= 0.6 is 11.8 Å². The van der Waals surface area contributed by atoms with E-state index in [1.807, 2.05) is 13.8 Å². The summed E-state index contributed by atoms with van der Waals surface area (Å²) in [6.07, 6.45) is 0. The van der Waals surface area contributed by atoms with Crippen molar-refractivity contribution in [2.75, 3.05) is 5.75 Å². The highest BCUT2D eigenvalue weighted by Gasteiger charge is 2.24. The Balaban J connectivity index is 1.95. The molecule has 0 atom stereocenters. The normalized spacial score (nSPS) is 12.2. The summed E-state index contributed by atoms with van der Waals surface area (Å²) in [6, 6.07) is 6.67. The van der Waals surface area contributed by atoms with E-state index in [2.05, 4.69) is 15.2 Å². The molecule has 1 amide bonds. The summed E-state index contributed by atoms with van der Waals surface area (Å²) < 4.78 is 33.0. The highest BCUT2D eigenvalue weighted by molar-refractivity contribution is 7.99. The lowest BCUT2D eigenvalue weighted by atomic mass is 10.1. The third-order valence-electron chi connectivity index (χ3n) is 3.84. The molecule has 1 aromatic carbocycles. The molecule has 2 rings (SSSR count). The largest absolute Gasteiger partial charge is 0.361 e. The van der Waals surface area contributed by atoms with E-state index in [9.17, 15) is 13.2 Å². The van der Waals surface area contributed by atoms with Crippen LogP contribution in [0.1, 0.15) is 43.4 Å². The Labute approximate surface area is 170 Å². The lowest BCUT2D eigenvalue weighted by molar-refractivity contribution is -0.118. The molecule has 0 bridgehead atoms. The molecule has 0 fully saturated rings. The summed E-state index contributed by atoms with van der Waals surface area (Å²) in [7, 11) is -3.68. The first-order chi connectivity index (χ1) is 13.0. The van der Waals surface area contributed by atoms with Gasteiger partial charge in [0.1, 0.15) is 5.76 Å². The number of sulfonamides is 1. The van der Waals surface area contributed by atoms with E-state index in [1.165, 1.54) is 11.8 Å². The van der Waals surface area contributed by atoms with Crippen molar-refractivity contribution in [1.29, 1.82) is 0 Å². The van der Waals surface area contributed by atoms with Gasteiger partial charge in [0.15, 0.2) is 0 Å². The van der Waals surface area contributed by atoms with Gasteiger partial charge in [0.25, 0.3) is 0 Å². The molecule has 0 spiro atoms. The molecule has 2 aromatic rings. The van der Waals surface area contributed by atoms with Crippen LogP contribution in [0.25, 0.3) is 0 Å². The topological polar surface area (TPSA) is 101 Å². The quantitative estimate of drug-likeness (QED) is 0.674. The zero-order valence-corrected chi connectivity index (χ0v) is 18.5. The van der Waals surface area contributed by atoms with Crippen molar-refractivity contribution in [3.05, 3.63) is 46.8 Å². The number of benzene rings is 1. The lowest BCUT2D eigenvalue weighted by Gasteiger charge is -2.21. The summed E-state index contributed by atoms with van der Waals surface area (Å²) >= 11 is 1.46. The number of hydrogen-bond acceptors (Lipinski definition) is 6. The molecule has 0 saturated carbocycles. The summed E-state index contributed by atoms with van der Waals surface area (Å²) in [5, 5.41) is 6.69. The molecular weight excluding hydrogens is 398 g/mol. The Morgan fingerprint density at radius 1 is 1.21 bits per heavy atom. The average Bonchev–Trinajstić information content (AvgIpc) is 2.90. The van der Waals surface area contributed by atoms with E-state index in [0.29, 0.717) is 11.3 Å². The van der Waals surface area contributed by atoms with Crippen LogP contribution in [0.15, 0.2) is 33.7 Å². The molecule has 7 nitrogen and oxygen atoms in total. The molecule has 154 valence electrons. The second kappa shape index (κ2) is 9.11. The van der Waals surface area contributed by atoms with Crippen LogP contribution in [0, 0.1) is 13.8 Å². The van der Waals surface area contributed by atoms with Crippen LogP contribution in [-0.2, 0) is 27.1 Å². The van der Waals surface area contributed by atoms with Crippen LogP contribution < -0.4 is 10.0 Å². The maximum Gasteiger partial charge on any atom is 0.241 e. The molecule has 1 aromatic heterocycles. The van der Waals surface area contributed by atoms with E-state index >= 15 is 0 Å². The molecule has 0 unspecified atom stereocenters. The zero-order chi connectivity index (χ0) is 20.9. The number of rotatable bonds is 8. The number of nitrogens with one attached hydrogen (secondary N) is 2. The fourth-order valence-corrected chi connectivity index (χ4v) is 5.23. The SMILES string of the molecule is Cc1noc(C)c1CSCC(=O)NCc1ccccc1S(=O)(=O)NC(C)(C)C. The third-order valence-corrected chi connectivity index (χ3v) is 6.66. The number of aryl methyl sites for hydroxylation is 2. The summed E-state index contributed by atoms with van der Waals surface area (Å²) in [4.78, 5) is 12.3. The van der Waals surface area contributed by atoms with Crippen LogP contribution in [0.4, 0.5) is 0 Å². The molecule has 1 heterocycles. The summed E-state index contributed by atoms with van der Waals surface area (Å²) in [5.41, 5.74) is 1.78. The number of nitrogens with zero attached hydrogens (tertiary/aromatic N) is 1. The molecule has 28 heavy (non-hydrogen) atoms. The molecular formula is C19H27N3O4S2. The van der Waals surface area contributed by atoms with Gasteiger partial charge in [-0.3, -0.25) is 4.79 Å². The van der Waals surface area contributed by atoms with E-state index in [1.54, 1.807) is 45.0 Å². The van der Waals surface area contributed by atoms with Gasteiger partial charge in [-0.25, -0.2) is 13.1 Å². The summed E-state index contributed by atoms with van der Waals surface area (Å²) in [6.45, 7) is 9.21. The number of hydrogen-bond donors (Lipinski definition) is 2. The Kier molecular flexibility index (Phi) is 7.30. The fourth-order valence-electron chi connectivity index (χ4n) is 2.57. The van der Waals surface area contributed by atoms with E-state index in [-0.39, 0.29) is 23.1 Å². The third kappa shape index (κ3) is 6.35. The first-order valence-corrected chi connectivity index (χ1v) is 11.5. The Hall–Kier alpha value is -1.84. The van der Waals surface area contributed by atoms with Gasteiger partial charge < -0.3 is 9.84 Å². The molecule has 0 aliphatic rings. The van der Waals surface area contributed by atoms with Crippen LogP contribution in [0.5, 0.6) is 0 Å². The zero-order valence-electron chi connectivity index (χ0n) is 16.8. The summed E-state index contributed by atoms with van der Waals surface area (Å²) in [5.74, 6) is 1.50. The van der Waals surface area contributed by atoms with E-state index < -0.39 is 15.6 Å². The van der Waals surface area contributed by atoms with Gasteiger partial charge in [0.05, 0.1) is 16.3 Å². The Morgan fingerprint density at radius 2 is 1.89 bits per heavy atom. The van der Waals surface area contributed by atoms with Crippen LogP contribution in [-0.4, -0.2) is 30.8 Å². The number of aromatic nitrogens is 1. The monoisotopic (exact) mass is 425 g/mol. The van der Waals surface area contributed by atoms with E-state index in [4.69, 9.17) is 4.52 Å². The van der Waals surface area contributed by atoms with Gasteiger partial charge in [-0.15, -0.1) is 11.8 Å². The minimum Gasteiger partial charge on any atom is -0.361 e. The number of thioether (sulfide) groups is 1. The van der Waals surface area contributed by atoms with E-state index in [0.717, 1.165) is 17.0 Å². The minimum atomic E-state index is -3.68. The average molecular weight is 426 g/mol. The predicted molar refractivity (Wildman–Crippen MR) is 111 cm³/mol. The maximum absolute atomic E-state index is 12.6. The number of carbonyl (C=O) groups is 1. The molecule has 0 aliphatic carbocycles. The predicted octanol–water partition coefficient (Wildman–Crippen LogP) is 2.92. The number of amides is 1. The van der Waals surface area contributed by atoms with Crippen LogP contribution in [0.2, 0.25) is 0 Å². The second-order valence-corrected chi connectivity index (χ2v) is 10.2. The maximum atomic E-state index is 12.6. The van der Waals surface area contributed by atoms with Gasteiger partial charge in [-0.1, -0.05) is 23.4 Å². The van der Waals surface area contributed by atoms with Gasteiger partial charge in [0.2, 0.25) is 15.9 Å². The van der Waals surface area contributed by atoms with Crippen molar-refractivity contribution < 1.29 is 17.7 Å². The lowest BCUT2D eigenvalue weighted by Crippen LogP contribution is -2.41. The Bertz CT molecular complexity index is 911. The fraction of sp³-hybridized carbons (Fsp3) is 0.474. The molecule has 9 heteroatoms. The van der Waals surface area contributed by atoms with Crippen LogP contribution in [0.3, 0.4) is 0 Å². The van der Waals surface area contributed by atoms with Gasteiger partial charge in [-0.2, -0.15) is 0 Å². The van der Waals surface area contributed by atoms with Crippen molar-refractivity contribution in [2.24, 2.45) is 0 Å². The molecule has 0 aliphatic heterocycles. The molecule has 0 saturated heterocycles. The van der Waals surface area contributed by atoms with Gasteiger partial charge >= 0.3 is 0 Å². The number of carbonyl (C=O) groups excluding carboxylic acids is 1. The van der Waals surface area contributed by atoms with Crippen molar-refractivity contribution in [3.8, 4) is 0 Å². The van der Waals surface area contributed by atoms with Crippen molar-refractivity contribution >= 4 is 27.7 Å². The Morgan fingerprint density at radius 3 is 2.50 bits per heavy atom. The molecule has 2 N–H and O–H groups in total. The highest BCUT2D eigenvalue weighted by Crippen LogP contribution is 2.20. The van der Waals surface area contributed by atoms with Crippen molar-refractivity contribution in [2.45, 2.75) is 57.4 Å².